The quantitative estimate of drug-likeness (QED) is 0.779. The monoisotopic (exact) mass is 275 g/mol. The SMILES string of the molecule is O=C(O)c1cc(Br)c(NC2(CO)CC2)o1. The Kier molecular flexibility index (Phi) is 2.47. The number of hydrogen-bond donors (Lipinski definition) is 3. The summed E-state index contributed by atoms with van der Waals surface area (Å²) < 4.78 is 5.64. The summed E-state index contributed by atoms with van der Waals surface area (Å²) >= 11 is 3.19. The summed E-state index contributed by atoms with van der Waals surface area (Å²) in [6.07, 6.45) is 1.72. The number of carboxylic acid groups (broad SMARTS) is 1. The molecule has 0 aromatic carbocycles. The van der Waals surface area contributed by atoms with Crippen LogP contribution >= 0.6 is 15.9 Å². The van der Waals surface area contributed by atoms with Gasteiger partial charge in [-0.15, -0.1) is 0 Å². The summed E-state index contributed by atoms with van der Waals surface area (Å²) in [7, 11) is 0. The molecular weight excluding hydrogens is 266 g/mol. The van der Waals surface area contributed by atoms with Crippen LogP contribution in [0.3, 0.4) is 0 Å². The number of hydrogen-bond acceptors (Lipinski definition) is 4. The van der Waals surface area contributed by atoms with Crippen molar-refractivity contribution in [2.45, 2.75) is 18.4 Å². The van der Waals surface area contributed by atoms with Crippen LogP contribution in [0.1, 0.15) is 23.4 Å². The van der Waals surface area contributed by atoms with Crippen LogP contribution in [-0.2, 0) is 0 Å². The van der Waals surface area contributed by atoms with Gasteiger partial charge in [0.05, 0.1) is 16.6 Å². The van der Waals surface area contributed by atoms with Gasteiger partial charge in [-0.3, -0.25) is 0 Å². The van der Waals surface area contributed by atoms with Crippen molar-refractivity contribution in [2.75, 3.05) is 11.9 Å². The highest BCUT2D eigenvalue weighted by atomic mass is 79.9. The number of furan rings is 1. The van der Waals surface area contributed by atoms with Gasteiger partial charge < -0.3 is 19.9 Å². The Morgan fingerprint density at radius 3 is 2.73 bits per heavy atom. The van der Waals surface area contributed by atoms with Gasteiger partial charge in [-0.05, 0) is 28.8 Å². The third kappa shape index (κ3) is 2.00. The van der Waals surface area contributed by atoms with E-state index >= 15 is 0 Å². The summed E-state index contributed by atoms with van der Waals surface area (Å²) in [5.41, 5.74) is -0.323. The summed E-state index contributed by atoms with van der Waals surface area (Å²) in [4.78, 5) is 10.6. The molecule has 1 aromatic heterocycles. The Morgan fingerprint density at radius 2 is 2.33 bits per heavy atom. The molecule has 3 N–H and O–H groups in total. The molecule has 5 nitrogen and oxygen atoms in total. The lowest BCUT2D eigenvalue weighted by Gasteiger charge is -2.13. The Labute approximate surface area is 94.2 Å². The molecule has 0 atom stereocenters. The van der Waals surface area contributed by atoms with Crippen LogP contribution in [0, 0.1) is 0 Å². The molecule has 82 valence electrons. The van der Waals surface area contributed by atoms with Gasteiger partial charge in [0.15, 0.2) is 0 Å². The molecule has 1 aliphatic rings. The zero-order chi connectivity index (χ0) is 11.1. The maximum Gasteiger partial charge on any atom is 0.371 e. The number of anilines is 1. The summed E-state index contributed by atoms with van der Waals surface area (Å²) in [6, 6.07) is 1.39. The average Bonchev–Trinajstić information content (AvgIpc) is 2.87. The summed E-state index contributed by atoms with van der Waals surface area (Å²) in [5.74, 6) is -0.880. The van der Waals surface area contributed by atoms with E-state index in [0.717, 1.165) is 12.8 Å². The normalized spacial score (nSPS) is 17.5. The summed E-state index contributed by atoms with van der Waals surface area (Å²) in [5, 5.41) is 20.8. The van der Waals surface area contributed by atoms with E-state index in [-0.39, 0.29) is 17.9 Å². The van der Waals surface area contributed by atoms with E-state index in [9.17, 15) is 4.79 Å². The highest BCUT2D eigenvalue weighted by Gasteiger charge is 2.43. The number of aliphatic hydroxyl groups excluding tert-OH is 1. The van der Waals surface area contributed by atoms with Crippen LogP contribution in [-0.4, -0.2) is 28.3 Å². The van der Waals surface area contributed by atoms with Crippen molar-refractivity contribution < 1.29 is 19.4 Å². The smallest absolute Gasteiger partial charge is 0.371 e. The van der Waals surface area contributed by atoms with Crippen molar-refractivity contribution >= 4 is 27.8 Å². The van der Waals surface area contributed by atoms with Gasteiger partial charge in [-0.2, -0.15) is 0 Å². The van der Waals surface area contributed by atoms with Crippen molar-refractivity contribution in [2.24, 2.45) is 0 Å². The highest BCUT2D eigenvalue weighted by Crippen LogP contribution is 2.40. The number of carbonyl (C=O) groups is 1. The van der Waals surface area contributed by atoms with E-state index in [0.29, 0.717) is 10.4 Å². The van der Waals surface area contributed by atoms with Gasteiger partial charge in [-0.1, -0.05) is 0 Å². The molecule has 6 heteroatoms. The van der Waals surface area contributed by atoms with E-state index < -0.39 is 5.97 Å². The molecule has 0 saturated heterocycles. The Hall–Kier alpha value is -1.01. The van der Waals surface area contributed by atoms with Crippen molar-refractivity contribution in [3.63, 3.8) is 0 Å². The number of aliphatic hydroxyl groups is 1. The Balaban J connectivity index is 2.18. The molecule has 1 heterocycles. The van der Waals surface area contributed by atoms with Crippen LogP contribution in [0.2, 0.25) is 0 Å². The second-order valence-electron chi connectivity index (χ2n) is 3.66. The first-order valence-electron chi connectivity index (χ1n) is 4.48. The van der Waals surface area contributed by atoms with Crippen LogP contribution < -0.4 is 5.32 Å². The second kappa shape index (κ2) is 3.53. The molecule has 0 spiro atoms. The number of aromatic carboxylic acids is 1. The predicted octanol–water partition coefficient (Wildman–Crippen LogP) is 1.68. The molecule has 1 aliphatic carbocycles. The van der Waals surface area contributed by atoms with E-state index in [1.165, 1.54) is 6.07 Å². The lowest BCUT2D eigenvalue weighted by Crippen LogP contribution is -2.25. The van der Waals surface area contributed by atoms with Crippen molar-refractivity contribution in [3.8, 4) is 0 Å². The minimum absolute atomic E-state index is 0.0164. The van der Waals surface area contributed by atoms with E-state index in [1.54, 1.807) is 0 Å². The van der Waals surface area contributed by atoms with Crippen molar-refractivity contribution in [1.82, 2.24) is 0 Å². The van der Waals surface area contributed by atoms with Crippen LogP contribution in [0.15, 0.2) is 15.0 Å². The van der Waals surface area contributed by atoms with Gasteiger partial charge in [0.1, 0.15) is 0 Å². The fraction of sp³-hybridized carbons (Fsp3) is 0.444. The molecule has 15 heavy (non-hydrogen) atoms. The fourth-order valence-electron chi connectivity index (χ4n) is 1.27. The van der Waals surface area contributed by atoms with Gasteiger partial charge in [0.2, 0.25) is 11.6 Å². The predicted molar refractivity (Wildman–Crippen MR) is 56.0 cm³/mol. The van der Waals surface area contributed by atoms with Crippen molar-refractivity contribution in [1.29, 1.82) is 0 Å². The molecule has 1 saturated carbocycles. The molecule has 0 unspecified atom stereocenters. The molecule has 0 radical (unpaired) electrons. The average molecular weight is 276 g/mol. The Bertz CT molecular complexity index is 397. The third-order valence-electron chi connectivity index (χ3n) is 2.43. The molecule has 1 aromatic rings. The molecule has 0 bridgehead atoms. The fourth-order valence-corrected chi connectivity index (χ4v) is 1.66. The van der Waals surface area contributed by atoms with Crippen LogP contribution in [0.4, 0.5) is 5.88 Å². The van der Waals surface area contributed by atoms with E-state index in [2.05, 4.69) is 21.2 Å². The van der Waals surface area contributed by atoms with E-state index in [1.807, 2.05) is 0 Å². The first-order valence-corrected chi connectivity index (χ1v) is 5.27. The lowest BCUT2D eigenvalue weighted by molar-refractivity contribution is 0.0663. The third-order valence-corrected chi connectivity index (χ3v) is 3.02. The first-order chi connectivity index (χ1) is 7.06. The zero-order valence-electron chi connectivity index (χ0n) is 7.79. The maximum absolute atomic E-state index is 10.6. The van der Waals surface area contributed by atoms with E-state index in [4.69, 9.17) is 14.6 Å². The number of halogens is 1. The number of nitrogens with one attached hydrogen (secondary N) is 1. The van der Waals surface area contributed by atoms with Gasteiger partial charge in [0.25, 0.3) is 0 Å². The number of carboxylic acids is 1. The minimum atomic E-state index is -1.11. The molecule has 2 rings (SSSR count). The zero-order valence-corrected chi connectivity index (χ0v) is 9.37. The molecule has 1 fully saturated rings. The lowest BCUT2D eigenvalue weighted by atomic mass is 10.3. The highest BCUT2D eigenvalue weighted by molar-refractivity contribution is 9.10. The topological polar surface area (TPSA) is 82.7 Å². The van der Waals surface area contributed by atoms with Gasteiger partial charge in [-0.25, -0.2) is 4.79 Å². The van der Waals surface area contributed by atoms with Crippen LogP contribution in [0.25, 0.3) is 0 Å². The Morgan fingerprint density at radius 1 is 1.67 bits per heavy atom. The summed E-state index contributed by atoms with van der Waals surface area (Å²) in [6.45, 7) is 0.0164. The maximum atomic E-state index is 10.6. The molecule has 0 aliphatic heterocycles. The molecule has 0 amide bonds. The standard InChI is InChI=1S/C9H10BrNO4/c10-5-3-6(8(13)14)15-7(5)11-9(4-12)1-2-9/h3,11-12H,1-2,4H2,(H,13,14). The minimum Gasteiger partial charge on any atom is -0.475 e. The second-order valence-corrected chi connectivity index (χ2v) is 4.51. The van der Waals surface area contributed by atoms with Crippen molar-refractivity contribution in [3.05, 3.63) is 16.3 Å². The van der Waals surface area contributed by atoms with Gasteiger partial charge >= 0.3 is 5.97 Å². The van der Waals surface area contributed by atoms with Crippen LogP contribution in [0.5, 0.6) is 0 Å². The molecular formula is C9H10BrNO4. The number of rotatable bonds is 4. The largest absolute Gasteiger partial charge is 0.475 e. The van der Waals surface area contributed by atoms with Gasteiger partial charge in [0, 0.05) is 6.07 Å². The first kappa shape index (κ1) is 10.5.